The van der Waals surface area contributed by atoms with Gasteiger partial charge in [0, 0.05) is 17.8 Å². The van der Waals surface area contributed by atoms with Crippen molar-refractivity contribution in [2.24, 2.45) is 0 Å². The Kier molecular flexibility index (Phi) is 4.85. The van der Waals surface area contributed by atoms with Gasteiger partial charge >= 0.3 is 0 Å². The van der Waals surface area contributed by atoms with Crippen LogP contribution in [-0.4, -0.2) is 30.6 Å². The number of hydrogen-bond donors (Lipinski definition) is 1. The second-order valence-corrected chi connectivity index (χ2v) is 5.73. The Hall–Kier alpha value is -2.75. The van der Waals surface area contributed by atoms with Gasteiger partial charge in [0.05, 0.1) is 12.7 Å². The molecule has 4 heteroatoms. The van der Waals surface area contributed by atoms with E-state index in [0.29, 0.717) is 6.54 Å². The Morgan fingerprint density at radius 2 is 1.92 bits per heavy atom. The lowest BCUT2D eigenvalue weighted by molar-refractivity contribution is 0.0717. The first-order valence-corrected chi connectivity index (χ1v) is 8.22. The second-order valence-electron chi connectivity index (χ2n) is 5.73. The third-order valence-corrected chi connectivity index (χ3v) is 4.12. The fourth-order valence-electron chi connectivity index (χ4n) is 2.95. The van der Waals surface area contributed by atoms with Crippen molar-refractivity contribution in [3.05, 3.63) is 65.7 Å². The van der Waals surface area contributed by atoms with E-state index in [1.54, 1.807) is 7.11 Å². The molecule has 2 aromatic carbocycles. The number of carbonyl (C=O) groups excluding carboxylic acids is 1. The molecule has 0 aliphatic carbocycles. The van der Waals surface area contributed by atoms with Gasteiger partial charge in [-0.05, 0) is 30.7 Å². The summed E-state index contributed by atoms with van der Waals surface area (Å²) in [5, 5.41) is 3.45. The van der Waals surface area contributed by atoms with Crippen LogP contribution in [0.2, 0.25) is 0 Å². The molecule has 3 rings (SSSR count). The number of nitrogens with one attached hydrogen (secondary N) is 1. The fraction of sp³-hybridized carbons (Fsp3) is 0.250. The SMILES string of the molecule is CCCN1C(=O)c2ccccc2NC1C=Cc1ccccc1OC. The number of methoxy groups -OCH3 is 1. The first-order valence-electron chi connectivity index (χ1n) is 8.22. The summed E-state index contributed by atoms with van der Waals surface area (Å²) in [5.74, 6) is 0.888. The molecule has 0 fully saturated rings. The molecule has 0 saturated carbocycles. The van der Waals surface area contributed by atoms with Gasteiger partial charge in [0.15, 0.2) is 0 Å². The van der Waals surface area contributed by atoms with Gasteiger partial charge in [0.2, 0.25) is 0 Å². The van der Waals surface area contributed by atoms with Crippen molar-refractivity contribution in [2.75, 3.05) is 19.0 Å². The van der Waals surface area contributed by atoms with Gasteiger partial charge in [-0.1, -0.05) is 43.3 Å². The van der Waals surface area contributed by atoms with E-state index in [0.717, 1.165) is 29.0 Å². The van der Waals surface area contributed by atoms with Crippen LogP contribution in [0.5, 0.6) is 5.75 Å². The lowest BCUT2D eigenvalue weighted by atomic mass is 10.1. The van der Waals surface area contributed by atoms with Crippen molar-refractivity contribution in [2.45, 2.75) is 19.5 Å². The number of benzene rings is 2. The highest BCUT2D eigenvalue weighted by molar-refractivity contribution is 6.01. The summed E-state index contributed by atoms with van der Waals surface area (Å²) >= 11 is 0. The number of para-hydroxylation sites is 2. The lowest BCUT2D eigenvalue weighted by Crippen LogP contribution is -2.48. The standard InChI is InChI=1S/C20H22N2O2/c1-3-14-22-19(13-12-15-8-4-7-11-18(15)24-2)21-17-10-6-5-9-16(17)20(22)23/h4-13,19,21H,3,14H2,1-2H3. The molecule has 0 aromatic heterocycles. The third-order valence-electron chi connectivity index (χ3n) is 4.12. The quantitative estimate of drug-likeness (QED) is 0.904. The Labute approximate surface area is 142 Å². The van der Waals surface area contributed by atoms with Gasteiger partial charge in [0.25, 0.3) is 5.91 Å². The van der Waals surface area contributed by atoms with Crippen LogP contribution in [-0.2, 0) is 0 Å². The Balaban J connectivity index is 1.91. The summed E-state index contributed by atoms with van der Waals surface area (Å²) in [7, 11) is 1.66. The molecule has 1 aliphatic heterocycles. The zero-order valence-electron chi connectivity index (χ0n) is 14.0. The smallest absolute Gasteiger partial charge is 0.257 e. The number of anilines is 1. The van der Waals surface area contributed by atoms with E-state index >= 15 is 0 Å². The number of carbonyl (C=O) groups is 1. The molecule has 1 N–H and O–H groups in total. The van der Waals surface area contributed by atoms with E-state index in [4.69, 9.17) is 4.74 Å². The molecule has 1 atom stereocenters. The molecular weight excluding hydrogens is 300 g/mol. The summed E-state index contributed by atoms with van der Waals surface area (Å²) in [4.78, 5) is 14.6. The van der Waals surface area contributed by atoms with E-state index < -0.39 is 0 Å². The number of amides is 1. The molecule has 0 radical (unpaired) electrons. The van der Waals surface area contributed by atoms with Gasteiger partial charge in [-0.25, -0.2) is 0 Å². The molecule has 1 aliphatic rings. The van der Waals surface area contributed by atoms with E-state index in [9.17, 15) is 4.79 Å². The van der Waals surface area contributed by atoms with Crippen molar-refractivity contribution >= 4 is 17.7 Å². The van der Waals surface area contributed by atoms with Crippen LogP contribution in [0.15, 0.2) is 54.6 Å². The van der Waals surface area contributed by atoms with Gasteiger partial charge < -0.3 is 15.0 Å². The van der Waals surface area contributed by atoms with Gasteiger partial charge in [-0.15, -0.1) is 0 Å². The predicted octanol–water partition coefficient (Wildman–Crippen LogP) is 4.01. The van der Waals surface area contributed by atoms with Crippen molar-refractivity contribution in [1.29, 1.82) is 0 Å². The molecule has 4 nitrogen and oxygen atoms in total. The number of ether oxygens (including phenoxy) is 1. The highest BCUT2D eigenvalue weighted by atomic mass is 16.5. The Morgan fingerprint density at radius 3 is 2.71 bits per heavy atom. The minimum Gasteiger partial charge on any atom is -0.496 e. The van der Waals surface area contributed by atoms with Crippen molar-refractivity contribution < 1.29 is 9.53 Å². The largest absolute Gasteiger partial charge is 0.496 e. The zero-order chi connectivity index (χ0) is 16.9. The molecule has 1 unspecified atom stereocenters. The summed E-state index contributed by atoms with van der Waals surface area (Å²) in [6, 6.07) is 15.5. The minimum absolute atomic E-state index is 0.0703. The monoisotopic (exact) mass is 322 g/mol. The van der Waals surface area contributed by atoms with Crippen LogP contribution in [0.25, 0.3) is 6.08 Å². The summed E-state index contributed by atoms with van der Waals surface area (Å²) in [6.07, 6.45) is 4.76. The van der Waals surface area contributed by atoms with Crippen LogP contribution in [0.1, 0.15) is 29.3 Å². The Bertz CT molecular complexity index is 755. The van der Waals surface area contributed by atoms with Crippen LogP contribution in [0.3, 0.4) is 0 Å². The van der Waals surface area contributed by atoms with Crippen molar-refractivity contribution in [3.63, 3.8) is 0 Å². The molecule has 0 saturated heterocycles. The molecular formula is C20H22N2O2. The molecule has 1 amide bonds. The normalized spacial score (nSPS) is 16.8. The Morgan fingerprint density at radius 1 is 1.17 bits per heavy atom. The van der Waals surface area contributed by atoms with Crippen LogP contribution >= 0.6 is 0 Å². The maximum absolute atomic E-state index is 12.8. The average molecular weight is 322 g/mol. The van der Waals surface area contributed by atoms with E-state index in [1.807, 2.05) is 65.6 Å². The number of hydrogen-bond acceptors (Lipinski definition) is 3. The number of rotatable bonds is 5. The van der Waals surface area contributed by atoms with Crippen molar-refractivity contribution in [1.82, 2.24) is 4.90 Å². The van der Waals surface area contributed by atoms with Crippen LogP contribution < -0.4 is 10.1 Å². The maximum Gasteiger partial charge on any atom is 0.257 e. The molecule has 1 heterocycles. The van der Waals surface area contributed by atoms with Crippen LogP contribution in [0.4, 0.5) is 5.69 Å². The van der Waals surface area contributed by atoms with E-state index in [2.05, 4.69) is 12.2 Å². The van der Waals surface area contributed by atoms with Gasteiger partial charge in [0.1, 0.15) is 11.9 Å². The highest BCUT2D eigenvalue weighted by Gasteiger charge is 2.29. The van der Waals surface area contributed by atoms with E-state index in [-0.39, 0.29) is 12.1 Å². The highest BCUT2D eigenvalue weighted by Crippen LogP contribution is 2.27. The average Bonchev–Trinajstić information content (AvgIpc) is 2.63. The summed E-state index contributed by atoms with van der Waals surface area (Å²) in [6.45, 7) is 2.79. The summed E-state index contributed by atoms with van der Waals surface area (Å²) in [5.41, 5.74) is 2.60. The van der Waals surface area contributed by atoms with Crippen molar-refractivity contribution in [3.8, 4) is 5.75 Å². The number of fused-ring (bicyclic) bond motifs is 1. The van der Waals surface area contributed by atoms with Gasteiger partial charge in [-0.2, -0.15) is 0 Å². The minimum atomic E-state index is -0.169. The first-order chi connectivity index (χ1) is 11.7. The molecule has 0 bridgehead atoms. The molecule has 2 aromatic rings. The van der Waals surface area contributed by atoms with Crippen LogP contribution in [0, 0.1) is 0 Å². The third kappa shape index (κ3) is 3.13. The fourth-order valence-corrected chi connectivity index (χ4v) is 2.95. The lowest BCUT2D eigenvalue weighted by Gasteiger charge is -2.36. The van der Waals surface area contributed by atoms with Gasteiger partial charge in [-0.3, -0.25) is 4.79 Å². The first kappa shape index (κ1) is 16.1. The number of nitrogens with zero attached hydrogens (tertiary/aromatic N) is 1. The molecule has 0 spiro atoms. The predicted molar refractivity (Wildman–Crippen MR) is 97.2 cm³/mol. The second kappa shape index (κ2) is 7.21. The zero-order valence-corrected chi connectivity index (χ0v) is 14.0. The topological polar surface area (TPSA) is 41.6 Å². The maximum atomic E-state index is 12.8. The molecule has 124 valence electrons. The molecule has 24 heavy (non-hydrogen) atoms. The summed E-state index contributed by atoms with van der Waals surface area (Å²) < 4.78 is 5.38. The van der Waals surface area contributed by atoms with E-state index in [1.165, 1.54) is 0 Å².